The van der Waals surface area contributed by atoms with Crippen LogP contribution in [0.15, 0.2) is 12.1 Å². The Hall–Kier alpha value is -0.920. The summed E-state index contributed by atoms with van der Waals surface area (Å²) in [6.45, 7) is 10.4. The third-order valence-corrected chi connectivity index (χ3v) is 3.15. The van der Waals surface area contributed by atoms with Gasteiger partial charge in [0.15, 0.2) is 5.75 Å². The molecule has 94 valence electrons. The first-order valence-corrected chi connectivity index (χ1v) is 6.95. The van der Waals surface area contributed by atoms with Crippen LogP contribution in [0, 0.1) is 6.92 Å². The molecule has 0 saturated carbocycles. The average Bonchev–Trinajstić information content (AvgIpc) is 2.18. The van der Waals surface area contributed by atoms with Crippen LogP contribution in [-0.4, -0.2) is 4.89 Å². The monoisotopic (exact) mass is 255 g/mol. The summed E-state index contributed by atoms with van der Waals surface area (Å²) in [6.07, 6.45) is 0. The number of aryl methyl sites for hydroxylation is 1. The highest BCUT2D eigenvalue weighted by Gasteiger charge is 2.23. The predicted molar refractivity (Wildman–Crippen MR) is 69.8 cm³/mol. The van der Waals surface area contributed by atoms with Crippen LogP contribution < -0.4 is 4.52 Å². The smallest absolute Gasteiger partial charge is 0.229 e. The van der Waals surface area contributed by atoms with E-state index in [-0.39, 0.29) is 5.92 Å². The van der Waals surface area contributed by atoms with Crippen LogP contribution in [0.5, 0.6) is 5.75 Å². The predicted octanol–water partition coefficient (Wildman–Crippen LogP) is 4.27. The summed E-state index contributed by atoms with van der Waals surface area (Å²) < 4.78 is 15.9. The Bertz CT molecular complexity index is 425. The molecule has 0 aromatic heterocycles. The largest absolute Gasteiger partial charge is 0.747 e. The standard InChI is InChI=1S/C13H19O3P/c1-8(2)12-10(5)6-7-11(16-17(14)15)13(12)9(3)4/h6-9H,1-5H3/p+1. The Morgan fingerprint density at radius 2 is 1.65 bits per heavy atom. The molecule has 1 aromatic carbocycles. The Morgan fingerprint density at radius 3 is 2.06 bits per heavy atom. The maximum absolute atomic E-state index is 10.8. The van der Waals surface area contributed by atoms with Gasteiger partial charge in [-0.1, -0.05) is 33.8 Å². The van der Waals surface area contributed by atoms with Gasteiger partial charge in [-0.25, -0.2) is 4.52 Å². The van der Waals surface area contributed by atoms with Crippen molar-refractivity contribution in [3.63, 3.8) is 0 Å². The maximum Gasteiger partial charge on any atom is 0.747 e. The van der Waals surface area contributed by atoms with Crippen molar-refractivity contribution in [3.05, 3.63) is 28.8 Å². The Morgan fingerprint density at radius 1 is 1.12 bits per heavy atom. The van der Waals surface area contributed by atoms with Crippen molar-refractivity contribution in [3.8, 4) is 5.75 Å². The number of rotatable bonds is 4. The molecule has 4 heteroatoms. The van der Waals surface area contributed by atoms with Gasteiger partial charge in [0.05, 0.1) is 0 Å². The normalized spacial score (nSPS) is 12.1. The van der Waals surface area contributed by atoms with Crippen LogP contribution in [-0.2, 0) is 4.57 Å². The Labute approximate surface area is 104 Å². The van der Waals surface area contributed by atoms with Crippen LogP contribution in [0.3, 0.4) is 0 Å². The highest BCUT2D eigenvalue weighted by atomic mass is 31.1. The average molecular weight is 255 g/mol. The lowest BCUT2D eigenvalue weighted by atomic mass is 9.87. The van der Waals surface area contributed by atoms with Gasteiger partial charge >= 0.3 is 8.25 Å². The van der Waals surface area contributed by atoms with Gasteiger partial charge in [0, 0.05) is 10.1 Å². The van der Waals surface area contributed by atoms with Gasteiger partial charge in [-0.3, -0.25) is 0 Å². The highest BCUT2D eigenvalue weighted by molar-refractivity contribution is 7.32. The lowest BCUT2D eigenvalue weighted by Crippen LogP contribution is -2.04. The van der Waals surface area contributed by atoms with E-state index in [1.807, 2.05) is 6.07 Å². The van der Waals surface area contributed by atoms with E-state index in [9.17, 15) is 4.57 Å². The van der Waals surface area contributed by atoms with Gasteiger partial charge in [-0.15, -0.1) is 4.89 Å². The summed E-state index contributed by atoms with van der Waals surface area (Å²) in [4.78, 5) is 8.90. The fraction of sp³-hybridized carbons (Fsp3) is 0.538. The Balaban J connectivity index is 3.41. The number of hydrogen-bond donors (Lipinski definition) is 1. The molecule has 3 nitrogen and oxygen atoms in total. The van der Waals surface area contributed by atoms with Gasteiger partial charge in [-0.05, 0) is 36.0 Å². The van der Waals surface area contributed by atoms with E-state index in [2.05, 4.69) is 34.6 Å². The molecule has 1 unspecified atom stereocenters. The van der Waals surface area contributed by atoms with E-state index in [0.29, 0.717) is 11.7 Å². The molecule has 0 amide bonds. The first-order valence-electron chi connectivity index (χ1n) is 5.82. The maximum atomic E-state index is 10.8. The van der Waals surface area contributed by atoms with Crippen molar-refractivity contribution in [2.24, 2.45) is 0 Å². The van der Waals surface area contributed by atoms with E-state index in [1.165, 1.54) is 11.1 Å². The first kappa shape index (κ1) is 14.1. The molecule has 0 spiro atoms. The third kappa shape index (κ3) is 3.27. The quantitative estimate of drug-likeness (QED) is 0.817. The molecule has 0 radical (unpaired) electrons. The lowest BCUT2D eigenvalue weighted by molar-refractivity contribution is 0.407. The topological polar surface area (TPSA) is 46.5 Å². The summed E-state index contributed by atoms with van der Waals surface area (Å²) in [6, 6.07) is 3.72. The van der Waals surface area contributed by atoms with Gasteiger partial charge in [0.1, 0.15) is 0 Å². The highest BCUT2D eigenvalue weighted by Crippen LogP contribution is 2.38. The first-order chi connectivity index (χ1) is 7.84. The van der Waals surface area contributed by atoms with Crippen molar-refractivity contribution in [2.45, 2.75) is 46.5 Å². The second-order valence-corrected chi connectivity index (χ2v) is 5.50. The summed E-state index contributed by atoms with van der Waals surface area (Å²) in [7, 11) is -2.61. The second-order valence-electron chi connectivity index (χ2n) is 4.85. The SMILES string of the molecule is Cc1ccc(O[P+](=O)O)c(C(C)C)c1C(C)C. The summed E-state index contributed by atoms with van der Waals surface area (Å²) in [5.74, 6) is 1.16. The Kier molecular flexibility index (Phi) is 4.67. The van der Waals surface area contributed by atoms with E-state index < -0.39 is 8.25 Å². The zero-order valence-corrected chi connectivity index (χ0v) is 11.9. The van der Waals surface area contributed by atoms with Crippen molar-refractivity contribution >= 4 is 8.25 Å². The molecule has 0 fully saturated rings. The molecule has 0 aliphatic heterocycles. The summed E-state index contributed by atoms with van der Waals surface area (Å²) in [5.41, 5.74) is 3.45. The van der Waals surface area contributed by atoms with Crippen LogP contribution >= 0.6 is 8.25 Å². The van der Waals surface area contributed by atoms with Gasteiger partial charge < -0.3 is 0 Å². The van der Waals surface area contributed by atoms with Crippen molar-refractivity contribution in [1.82, 2.24) is 0 Å². The number of hydrogen-bond acceptors (Lipinski definition) is 2. The third-order valence-electron chi connectivity index (χ3n) is 2.80. The molecule has 0 aliphatic rings. The molecule has 0 bridgehead atoms. The molecule has 1 N–H and O–H groups in total. The minimum absolute atomic E-state index is 0.261. The van der Waals surface area contributed by atoms with Gasteiger partial charge in [0.25, 0.3) is 0 Å². The van der Waals surface area contributed by atoms with Crippen LogP contribution in [0.4, 0.5) is 0 Å². The minimum atomic E-state index is -2.61. The van der Waals surface area contributed by atoms with E-state index in [4.69, 9.17) is 9.42 Å². The van der Waals surface area contributed by atoms with E-state index in [0.717, 1.165) is 5.56 Å². The van der Waals surface area contributed by atoms with E-state index in [1.54, 1.807) is 6.07 Å². The molecule has 0 aliphatic carbocycles. The summed E-state index contributed by atoms with van der Waals surface area (Å²) in [5, 5.41) is 0. The lowest BCUT2D eigenvalue weighted by Gasteiger charge is -2.19. The molecule has 0 heterocycles. The fourth-order valence-electron chi connectivity index (χ4n) is 2.25. The molecule has 1 atom stereocenters. The molecule has 1 aromatic rings. The summed E-state index contributed by atoms with van der Waals surface area (Å²) >= 11 is 0. The van der Waals surface area contributed by atoms with Gasteiger partial charge in [-0.2, -0.15) is 0 Å². The molecule has 1 rings (SSSR count). The zero-order valence-electron chi connectivity index (χ0n) is 11.0. The second kappa shape index (κ2) is 5.61. The zero-order chi connectivity index (χ0) is 13.2. The number of benzene rings is 1. The van der Waals surface area contributed by atoms with Crippen LogP contribution in [0.25, 0.3) is 0 Å². The molecular formula is C13H20O3P+. The van der Waals surface area contributed by atoms with Gasteiger partial charge in [0.2, 0.25) is 0 Å². The van der Waals surface area contributed by atoms with Crippen LogP contribution in [0.1, 0.15) is 56.2 Å². The minimum Gasteiger partial charge on any atom is -0.229 e. The van der Waals surface area contributed by atoms with Crippen molar-refractivity contribution in [1.29, 1.82) is 0 Å². The van der Waals surface area contributed by atoms with Crippen LogP contribution in [0.2, 0.25) is 0 Å². The van der Waals surface area contributed by atoms with Crippen molar-refractivity contribution in [2.75, 3.05) is 0 Å². The fourth-order valence-corrected chi connectivity index (χ4v) is 2.58. The van der Waals surface area contributed by atoms with E-state index >= 15 is 0 Å². The molecule has 0 saturated heterocycles. The molecule has 17 heavy (non-hydrogen) atoms. The van der Waals surface area contributed by atoms with Crippen molar-refractivity contribution < 1.29 is 14.0 Å². The molecular weight excluding hydrogens is 235 g/mol.